The molecule has 2 N–H and O–H groups in total. The van der Waals surface area contributed by atoms with Gasteiger partial charge in [-0.15, -0.1) is 0 Å². The van der Waals surface area contributed by atoms with Crippen LogP contribution in [0.3, 0.4) is 0 Å². The van der Waals surface area contributed by atoms with Crippen molar-refractivity contribution < 1.29 is 23.4 Å². The highest BCUT2D eigenvalue weighted by Crippen LogP contribution is 2.29. The average Bonchev–Trinajstić information content (AvgIpc) is 2.30. The summed E-state index contributed by atoms with van der Waals surface area (Å²) in [6.07, 6.45) is 0. The number of halogens is 3. The highest BCUT2D eigenvalue weighted by Gasteiger charge is 2.19. The second-order valence-corrected chi connectivity index (χ2v) is 5.53. The number of anilines is 1. The Kier molecular flexibility index (Phi) is 5.74. The molecule has 2 amide bonds. The van der Waals surface area contributed by atoms with E-state index in [1.165, 1.54) is 30.1 Å². The number of nitrogens with one attached hydrogen (secondary N) is 1. The fourth-order valence-corrected chi connectivity index (χ4v) is 1.80. The minimum atomic E-state index is -3.01. The molecule has 0 heterocycles. The van der Waals surface area contributed by atoms with Crippen LogP contribution >= 0.6 is 11.6 Å². The molecule has 1 aromatic carbocycles. The van der Waals surface area contributed by atoms with Gasteiger partial charge in [-0.1, -0.05) is 11.6 Å². The summed E-state index contributed by atoms with van der Waals surface area (Å²) in [6, 6.07) is 3.49. The van der Waals surface area contributed by atoms with Gasteiger partial charge in [0.2, 0.25) is 0 Å². The minimum Gasteiger partial charge on any atom is -0.433 e. The Balaban J connectivity index is 2.76. The summed E-state index contributed by atoms with van der Waals surface area (Å²) in [5, 5.41) is 12.1. The highest BCUT2D eigenvalue weighted by molar-refractivity contribution is 6.32. The first-order chi connectivity index (χ1) is 9.58. The lowest BCUT2D eigenvalue weighted by molar-refractivity contribution is -0.0497. The molecule has 21 heavy (non-hydrogen) atoms. The number of hydrogen-bond acceptors (Lipinski definition) is 3. The summed E-state index contributed by atoms with van der Waals surface area (Å²) in [5.41, 5.74) is -0.793. The SMILES string of the molecule is CN(CC(C)(C)O)C(=O)Nc1ccc(Cl)c(OC(F)F)c1. The molecule has 0 bridgehead atoms. The van der Waals surface area contributed by atoms with Crippen LogP contribution in [0.1, 0.15) is 13.8 Å². The van der Waals surface area contributed by atoms with Crippen molar-refractivity contribution in [3.8, 4) is 5.75 Å². The zero-order valence-corrected chi connectivity index (χ0v) is 12.6. The standard InChI is InChI=1S/C13H17ClF2N2O3/c1-13(2,20)7-18(3)12(19)17-8-4-5-9(14)10(6-8)21-11(15)16/h4-6,11,20H,7H2,1-3H3,(H,17,19). The normalized spacial score (nSPS) is 11.4. The number of aliphatic hydroxyl groups is 1. The Morgan fingerprint density at radius 3 is 2.67 bits per heavy atom. The summed E-state index contributed by atoms with van der Waals surface area (Å²) >= 11 is 5.71. The molecule has 0 atom stereocenters. The van der Waals surface area contributed by atoms with E-state index in [9.17, 15) is 18.7 Å². The van der Waals surface area contributed by atoms with Crippen molar-refractivity contribution in [2.45, 2.75) is 26.1 Å². The average molecular weight is 323 g/mol. The number of carbonyl (C=O) groups excluding carboxylic acids is 1. The second-order valence-electron chi connectivity index (χ2n) is 5.12. The summed E-state index contributed by atoms with van der Waals surface area (Å²) < 4.78 is 28.6. The van der Waals surface area contributed by atoms with Crippen LogP contribution in [-0.2, 0) is 0 Å². The van der Waals surface area contributed by atoms with Gasteiger partial charge in [-0.05, 0) is 26.0 Å². The van der Waals surface area contributed by atoms with E-state index in [-0.39, 0.29) is 23.0 Å². The smallest absolute Gasteiger partial charge is 0.387 e. The lowest BCUT2D eigenvalue weighted by Gasteiger charge is -2.25. The van der Waals surface area contributed by atoms with Gasteiger partial charge in [0.25, 0.3) is 0 Å². The number of carbonyl (C=O) groups is 1. The molecule has 0 radical (unpaired) electrons. The monoisotopic (exact) mass is 322 g/mol. The quantitative estimate of drug-likeness (QED) is 0.875. The maximum atomic E-state index is 12.2. The lowest BCUT2D eigenvalue weighted by Crippen LogP contribution is -2.41. The third-order valence-electron chi connectivity index (χ3n) is 2.37. The van der Waals surface area contributed by atoms with Crippen LogP contribution in [0.15, 0.2) is 18.2 Å². The number of nitrogens with zero attached hydrogens (tertiary/aromatic N) is 1. The van der Waals surface area contributed by atoms with Crippen molar-refractivity contribution in [3.63, 3.8) is 0 Å². The van der Waals surface area contributed by atoms with Crippen molar-refractivity contribution in [1.82, 2.24) is 4.90 Å². The predicted molar refractivity (Wildman–Crippen MR) is 76.0 cm³/mol. The highest BCUT2D eigenvalue weighted by atomic mass is 35.5. The van der Waals surface area contributed by atoms with Gasteiger partial charge in [-0.2, -0.15) is 8.78 Å². The van der Waals surface area contributed by atoms with Gasteiger partial charge in [0.05, 0.1) is 17.2 Å². The van der Waals surface area contributed by atoms with E-state index >= 15 is 0 Å². The topological polar surface area (TPSA) is 61.8 Å². The Bertz CT molecular complexity index is 507. The Morgan fingerprint density at radius 2 is 2.14 bits per heavy atom. The molecule has 0 saturated carbocycles. The van der Waals surface area contributed by atoms with Crippen molar-refractivity contribution in [2.24, 2.45) is 0 Å². The first-order valence-electron chi connectivity index (χ1n) is 6.07. The predicted octanol–water partition coefficient (Wildman–Crippen LogP) is 3.18. The first kappa shape index (κ1) is 17.5. The second kappa shape index (κ2) is 6.91. The van der Waals surface area contributed by atoms with Crippen LogP contribution in [0.4, 0.5) is 19.3 Å². The number of likely N-dealkylation sites (N-methyl/N-ethyl adjacent to an activating group) is 1. The molecule has 118 valence electrons. The molecule has 0 unspecified atom stereocenters. The molecule has 5 nitrogen and oxygen atoms in total. The molecular weight excluding hydrogens is 306 g/mol. The van der Waals surface area contributed by atoms with Gasteiger partial charge < -0.3 is 20.1 Å². The van der Waals surface area contributed by atoms with Gasteiger partial charge in [0.1, 0.15) is 5.75 Å². The van der Waals surface area contributed by atoms with Crippen molar-refractivity contribution >= 4 is 23.3 Å². The number of ether oxygens (including phenoxy) is 1. The molecule has 1 aromatic rings. The minimum absolute atomic E-state index is 0.0122. The van der Waals surface area contributed by atoms with Gasteiger partial charge in [-0.25, -0.2) is 4.79 Å². The molecular formula is C13H17ClF2N2O3. The molecule has 0 saturated heterocycles. The van der Waals surface area contributed by atoms with Crippen LogP contribution in [0.5, 0.6) is 5.75 Å². The first-order valence-corrected chi connectivity index (χ1v) is 6.45. The maximum Gasteiger partial charge on any atom is 0.387 e. The third kappa shape index (κ3) is 6.14. The molecule has 0 aliphatic carbocycles. The van der Waals surface area contributed by atoms with E-state index in [0.29, 0.717) is 0 Å². The van der Waals surface area contributed by atoms with Crippen molar-refractivity contribution in [2.75, 3.05) is 18.9 Å². The van der Waals surface area contributed by atoms with Crippen molar-refractivity contribution in [3.05, 3.63) is 23.2 Å². The Labute approximate surface area is 126 Å². The van der Waals surface area contributed by atoms with Crippen LogP contribution in [-0.4, -0.2) is 41.8 Å². The number of rotatable bonds is 5. The summed E-state index contributed by atoms with van der Waals surface area (Å²) in [7, 11) is 1.50. The third-order valence-corrected chi connectivity index (χ3v) is 2.68. The number of amides is 2. The van der Waals surface area contributed by atoms with E-state index < -0.39 is 18.2 Å². The van der Waals surface area contributed by atoms with Gasteiger partial charge in [-0.3, -0.25) is 0 Å². The number of hydrogen-bond donors (Lipinski definition) is 2. The molecule has 0 aliphatic rings. The van der Waals surface area contributed by atoms with Gasteiger partial charge in [0, 0.05) is 18.8 Å². The lowest BCUT2D eigenvalue weighted by atomic mass is 10.1. The summed E-state index contributed by atoms with van der Waals surface area (Å²) in [4.78, 5) is 13.2. The van der Waals surface area contributed by atoms with E-state index in [2.05, 4.69) is 10.1 Å². The zero-order chi connectivity index (χ0) is 16.2. The maximum absolute atomic E-state index is 12.2. The van der Waals surface area contributed by atoms with Gasteiger partial charge in [0.15, 0.2) is 0 Å². The largest absolute Gasteiger partial charge is 0.433 e. The fourth-order valence-electron chi connectivity index (χ4n) is 1.64. The van der Waals surface area contributed by atoms with E-state index in [4.69, 9.17) is 11.6 Å². The zero-order valence-electron chi connectivity index (χ0n) is 11.9. The van der Waals surface area contributed by atoms with Crippen LogP contribution in [0, 0.1) is 0 Å². The number of urea groups is 1. The van der Waals surface area contributed by atoms with Crippen LogP contribution in [0.25, 0.3) is 0 Å². The molecule has 1 rings (SSSR count). The molecule has 0 fully saturated rings. The van der Waals surface area contributed by atoms with Gasteiger partial charge >= 0.3 is 12.6 Å². The molecule has 0 aliphatic heterocycles. The van der Waals surface area contributed by atoms with E-state index in [1.54, 1.807) is 13.8 Å². The fraction of sp³-hybridized carbons (Fsp3) is 0.462. The molecule has 0 spiro atoms. The van der Waals surface area contributed by atoms with E-state index in [0.717, 1.165) is 0 Å². The molecule has 8 heteroatoms. The summed E-state index contributed by atoms with van der Waals surface area (Å²) in [6.45, 7) is 0.222. The van der Waals surface area contributed by atoms with Crippen molar-refractivity contribution in [1.29, 1.82) is 0 Å². The number of alkyl halides is 2. The van der Waals surface area contributed by atoms with E-state index in [1.807, 2.05) is 0 Å². The Morgan fingerprint density at radius 1 is 1.52 bits per heavy atom. The Hall–Kier alpha value is -1.60. The van der Waals surface area contributed by atoms with Crippen LogP contribution in [0.2, 0.25) is 5.02 Å². The number of benzene rings is 1. The summed E-state index contributed by atoms with van der Waals surface area (Å²) in [5.74, 6) is -0.227. The van der Waals surface area contributed by atoms with Crippen LogP contribution < -0.4 is 10.1 Å². The molecule has 0 aromatic heterocycles.